The SMILES string of the molecule is O=C(O[C@@H]1C(=O)N(c2ccccc2)C(=O)[C@@H]1OC(=O)c1ccccc1)c1ccccc1. The van der Waals surface area contributed by atoms with E-state index < -0.39 is 36.0 Å². The number of carbonyl (C=O) groups excluding carboxylic acids is 4. The zero-order valence-electron chi connectivity index (χ0n) is 16.2. The Morgan fingerprint density at radius 2 is 0.935 bits per heavy atom. The lowest BCUT2D eigenvalue weighted by Gasteiger charge is -2.16. The van der Waals surface area contributed by atoms with Gasteiger partial charge >= 0.3 is 11.9 Å². The van der Waals surface area contributed by atoms with E-state index in [1.165, 1.54) is 24.3 Å². The van der Waals surface area contributed by atoms with Gasteiger partial charge in [0, 0.05) is 0 Å². The molecule has 7 nitrogen and oxygen atoms in total. The van der Waals surface area contributed by atoms with Gasteiger partial charge in [-0.1, -0.05) is 54.6 Å². The van der Waals surface area contributed by atoms with Crippen LogP contribution in [0.1, 0.15) is 20.7 Å². The summed E-state index contributed by atoms with van der Waals surface area (Å²) >= 11 is 0. The van der Waals surface area contributed by atoms with Crippen molar-refractivity contribution in [3.05, 3.63) is 102 Å². The maximum atomic E-state index is 13.0. The van der Waals surface area contributed by atoms with Gasteiger partial charge in [-0.05, 0) is 36.4 Å². The van der Waals surface area contributed by atoms with E-state index in [4.69, 9.17) is 9.47 Å². The summed E-state index contributed by atoms with van der Waals surface area (Å²) in [6.45, 7) is 0. The minimum Gasteiger partial charge on any atom is -0.444 e. The Balaban J connectivity index is 1.64. The molecule has 0 bridgehead atoms. The molecule has 3 aromatic rings. The standard InChI is InChI=1S/C24H17NO6/c26-21-19(30-23(28)16-10-4-1-5-11-16)20(31-24(29)17-12-6-2-7-13-17)22(27)25(21)18-14-8-3-9-15-18/h1-15,19-20H/t19-,20+. The molecule has 1 saturated heterocycles. The van der Waals surface area contributed by atoms with Crippen molar-refractivity contribution >= 4 is 29.4 Å². The lowest BCUT2D eigenvalue weighted by atomic mass is 10.2. The first kappa shape index (κ1) is 20.0. The van der Waals surface area contributed by atoms with E-state index in [1.807, 2.05) is 0 Å². The molecule has 0 unspecified atom stereocenters. The van der Waals surface area contributed by atoms with Crippen LogP contribution in [0.4, 0.5) is 5.69 Å². The van der Waals surface area contributed by atoms with Crippen LogP contribution in [0.2, 0.25) is 0 Å². The Bertz CT molecular complexity index is 1040. The number of imide groups is 1. The van der Waals surface area contributed by atoms with E-state index in [0.717, 1.165) is 4.90 Å². The highest BCUT2D eigenvalue weighted by Crippen LogP contribution is 2.27. The van der Waals surface area contributed by atoms with Gasteiger partial charge in [0.25, 0.3) is 11.8 Å². The third-order valence-corrected chi connectivity index (χ3v) is 4.70. The van der Waals surface area contributed by atoms with Crippen LogP contribution in [0.25, 0.3) is 0 Å². The van der Waals surface area contributed by atoms with Crippen LogP contribution in [0.15, 0.2) is 91.0 Å². The highest BCUT2D eigenvalue weighted by atomic mass is 16.6. The van der Waals surface area contributed by atoms with Crippen LogP contribution < -0.4 is 4.90 Å². The van der Waals surface area contributed by atoms with Gasteiger partial charge in [0.1, 0.15) is 0 Å². The summed E-state index contributed by atoms with van der Waals surface area (Å²) in [5, 5.41) is 0. The molecular formula is C24H17NO6. The van der Waals surface area contributed by atoms with Gasteiger partial charge in [0.05, 0.1) is 16.8 Å². The van der Waals surface area contributed by atoms with Crippen molar-refractivity contribution in [1.82, 2.24) is 0 Å². The van der Waals surface area contributed by atoms with E-state index in [9.17, 15) is 19.2 Å². The van der Waals surface area contributed by atoms with Crippen molar-refractivity contribution < 1.29 is 28.7 Å². The number of carbonyl (C=O) groups is 4. The van der Waals surface area contributed by atoms with Crippen molar-refractivity contribution in [1.29, 1.82) is 0 Å². The Hall–Kier alpha value is -4.26. The number of nitrogens with zero attached hydrogens (tertiary/aromatic N) is 1. The van der Waals surface area contributed by atoms with Crippen LogP contribution >= 0.6 is 0 Å². The van der Waals surface area contributed by atoms with Gasteiger partial charge in [0.2, 0.25) is 12.2 Å². The number of hydrogen-bond acceptors (Lipinski definition) is 6. The Labute approximate surface area is 177 Å². The largest absolute Gasteiger partial charge is 0.444 e. The molecule has 1 heterocycles. The van der Waals surface area contributed by atoms with E-state index in [2.05, 4.69) is 0 Å². The lowest BCUT2D eigenvalue weighted by molar-refractivity contribution is -0.130. The minimum atomic E-state index is -1.60. The molecule has 0 spiro atoms. The summed E-state index contributed by atoms with van der Waals surface area (Å²) in [5.74, 6) is -3.18. The molecule has 0 saturated carbocycles. The maximum absolute atomic E-state index is 13.0. The fourth-order valence-corrected chi connectivity index (χ4v) is 3.19. The molecule has 4 rings (SSSR count). The summed E-state index contributed by atoms with van der Waals surface area (Å²) in [7, 11) is 0. The van der Waals surface area contributed by atoms with E-state index in [-0.39, 0.29) is 16.8 Å². The summed E-state index contributed by atoms with van der Waals surface area (Å²) in [6.07, 6.45) is -3.21. The van der Waals surface area contributed by atoms with Crippen LogP contribution in [0.3, 0.4) is 0 Å². The molecule has 0 radical (unpaired) electrons. The number of para-hydroxylation sites is 1. The molecule has 1 fully saturated rings. The first-order chi connectivity index (χ1) is 15.1. The topological polar surface area (TPSA) is 90.0 Å². The maximum Gasteiger partial charge on any atom is 0.339 e. The monoisotopic (exact) mass is 415 g/mol. The number of amides is 2. The molecule has 1 aliphatic heterocycles. The van der Waals surface area contributed by atoms with Gasteiger partial charge in [-0.15, -0.1) is 0 Å². The number of rotatable bonds is 5. The average Bonchev–Trinajstić information content (AvgIpc) is 3.04. The van der Waals surface area contributed by atoms with Crippen LogP contribution in [-0.4, -0.2) is 36.0 Å². The first-order valence-corrected chi connectivity index (χ1v) is 9.51. The molecule has 0 N–H and O–H groups in total. The van der Waals surface area contributed by atoms with Crippen molar-refractivity contribution in [3.63, 3.8) is 0 Å². The molecule has 3 aromatic carbocycles. The van der Waals surface area contributed by atoms with Gasteiger partial charge in [-0.3, -0.25) is 9.59 Å². The number of anilines is 1. The summed E-state index contributed by atoms with van der Waals surface area (Å²) in [6, 6.07) is 24.3. The van der Waals surface area contributed by atoms with Crippen LogP contribution in [0, 0.1) is 0 Å². The van der Waals surface area contributed by atoms with Gasteiger partial charge < -0.3 is 9.47 Å². The van der Waals surface area contributed by atoms with Crippen LogP contribution in [0.5, 0.6) is 0 Å². The van der Waals surface area contributed by atoms with Gasteiger partial charge in [-0.25, -0.2) is 14.5 Å². The lowest BCUT2D eigenvalue weighted by Crippen LogP contribution is -2.37. The highest BCUT2D eigenvalue weighted by molar-refractivity contribution is 6.25. The third-order valence-electron chi connectivity index (χ3n) is 4.70. The summed E-state index contributed by atoms with van der Waals surface area (Å²) in [4.78, 5) is 52.1. The number of hydrogen-bond donors (Lipinski definition) is 0. The quantitative estimate of drug-likeness (QED) is 0.470. The predicted molar refractivity (Wildman–Crippen MR) is 110 cm³/mol. The molecule has 0 aromatic heterocycles. The second kappa shape index (κ2) is 8.62. The average molecular weight is 415 g/mol. The molecular weight excluding hydrogens is 398 g/mol. The Morgan fingerprint density at radius 1 is 0.581 bits per heavy atom. The zero-order valence-corrected chi connectivity index (χ0v) is 16.2. The van der Waals surface area contributed by atoms with Crippen LogP contribution in [-0.2, 0) is 19.1 Å². The number of benzene rings is 3. The van der Waals surface area contributed by atoms with Crippen molar-refractivity contribution in [2.24, 2.45) is 0 Å². The van der Waals surface area contributed by atoms with Gasteiger partial charge in [0.15, 0.2) is 0 Å². The predicted octanol–water partition coefficient (Wildman–Crippen LogP) is 3.01. The highest BCUT2D eigenvalue weighted by Gasteiger charge is 2.53. The normalized spacial score (nSPS) is 18.0. The van der Waals surface area contributed by atoms with Crippen molar-refractivity contribution in [3.8, 4) is 0 Å². The molecule has 1 aliphatic rings. The smallest absolute Gasteiger partial charge is 0.339 e. The van der Waals surface area contributed by atoms with E-state index in [1.54, 1.807) is 66.7 Å². The van der Waals surface area contributed by atoms with E-state index in [0.29, 0.717) is 0 Å². The third kappa shape index (κ3) is 4.06. The van der Waals surface area contributed by atoms with Crippen molar-refractivity contribution in [2.75, 3.05) is 4.90 Å². The molecule has 2 amide bonds. The zero-order chi connectivity index (χ0) is 21.8. The fraction of sp³-hybridized carbons (Fsp3) is 0.0833. The van der Waals surface area contributed by atoms with Crippen molar-refractivity contribution in [2.45, 2.75) is 12.2 Å². The molecule has 0 aliphatic carbocycles. The number of esters is 2. The second-order valence-electron chi connectivity index (χ2n) is 6.73. The number of ether oxygens (including phenoxy) is 2. The minimum absolute atomic E-state index is 0.203. The van der Waals surface area contributed by atoms with Gasteiger partial charge in [-0.2, -0.15) is 0 Å². The second-order valence-corrected chi connectivity index (χ2v) is 6.73. The Morgan fingerprint density at radius 3 is 1.32 bits per heavy atom. The first-order valence-electron chi connectivity index (χ1n) is 9.51. The summed E-state index contributed by atoms with van der Waals surface area (Å²) in [5.41, 5.74) is 0.694. The Kier molecular flexibility index (Phi) is 5.57. The molecule has 7 heteroatoms. The summed E-state index contributed by atoms with van der Waals surface area (Å²) < 4.78 is 10.7. The van der Waals surface area contributed by atoms with E-state index >= 15 is 0 Å². The molecule has 2 atom stereocenters. The fourth-order valence-electron chi connectivity index (χ4n) is 3.19. The molecule has 154 valence electrons. The molecule has 31 heavy (non-hydrogen) atoms.